The fraction of sp³-hybridized carbons (Fsp3) is 0.750. The van der Waals surface area contributed by atoms with Crippen molar-refractivity contribution >= 4 is 11.5 Å². The minimum absolute atomic E-state index is 0.292. The third-order valence-corrected chi connectivity index (χ3v) is 5.78. The maximum absolute atomic E-state index is 6.06. The summed E-state index contributed by atoms with van der Waals surface area (Å²) in [5, 5.41) is 16.0. The van der Waals surface area contributed by atoms with E-state index in [0.717, 1.165) is 18.8 Å². The van der Waals surface area contributed by atoms with Crippen LogP contribution in [0.25, 0.3) is 5.65 Å². The molecule has 0 saturated heterocycles. The topological polar surface area (TPSA) is 68.4 Å². The average Bonchev–Trinajstić information content (AvgIpc) is 3.06. The molecular formula is C16H24N6O. The van der Waals surface area contributed by atoms with Crippen molar-refractivity contribution in [1.82, 2.24) is 25.3 Å². The minimum Gasteiger partial charge on any atom is -0.378 e. The molecule has 4 rings (SSSR count). The summed E-state index contributed by atoms with van der Waals surface area (Å²) in [5.41, 5.74) is 0.968. The summed E-state index contributed by atoms with van der Waals surface area (Å²) in [6.07, 6.45) is 7.99. The molecule has 2 fully saturated rings. The van der Waals surface area contributed by atoms with Gasteiger partial charge in [-0.2, -0.15) is 0 Å². The quantitative estimate of drug-likeness (QED) is 0.860. The van der Waals surface area contributed by atoms with E-state index in [1.807, 2.05) is 12.1 Å². The lowest BCUT2D eigenvalue weighted by Gasteiger charge is -2.60. The Labute approximate surface area is 136 Å². The number of ether oxygens (including phenoxy) is 1. The molecule has 0 bridgehead atoms. The lowest BCUT2D eigenvalue weighted by atomic mass is 9.54. The fourth-order valence-electron chi connectivity index (χ4n) is 4.56. The zero-order chi connectivity index (χ0) is 15.9. The van der Waals surface area contributed by atoms with Gasteiger partial charge in [0.1, 0.15) is 0 Å². The monoisotopic (exact) mass is 316 g/mol. The van der Waals surface area contributed by atoms with E-state index < -0.39 is 0 Å². The average molecular weight is 316 g/mol. The Bertz CT molecular complexity index is 680. The fourth-order valence-corrected chi connectivity index (χ4v) is 4.56. The Morgan fingerprint density at radius 1 is 1.30 bits per heavy atom. The van der Waals surface area contributed by atoms with Crippen LogP contribution in [0.1, 0.15) is 45.4 Å². The number of aromatic nitrogens is 5. The zero-order valence-electron chi connectivity index (χ0n) is 13.9. The van der Waals surface area contributed by atoms with Crippen molar-refractivity contribution in [3.63, 3.8) is 0 Å². The van der Waals surface area contributed by atoms with Crippen LogP contribution >= 0.6 is 0 Å². The number of tetrazole rings is 1. The summed E-state index contributed by atoms with van der Waals surface area (Å²) < 4.78 is 7.56. The number of hydrogen-bond acceptors (Lipinski definition) is 6. The first kappa shape index (κ1) is 14.8. The molecule has 7 nitrogen and oxygen atoms in total. The summed E-state index contributed by atoms with van der Waals surface area (Å²) in [5.74, 6) is 0.926. The molecule has 0 radical (unpaired) electrons. The lowest BCUT2D eigenvalue weighted by molar-refractivity contribution is -0.141. The second kappa shape index (κ2) is 5.70. The zero-order valence-corrected chi connectivity index (χ0v) is 13.9. The van der Waals surface area contributed by atoms with Gasteiger partial charge in [0.2, 0.25) is 0 Å². The first-order valence-corrected chi connectivity index (χ1v) is 8.64. The van der Waals surface area contributed by atoms with Gasteiger partial charge in [-0.25, -0.2) is 0 Å². The maximum atomic E-state index is 6.06. The number of anilines is 1. The van der Waals surface area contributed by atoms with E-state index in [1.54, 1.807) is 0 Å². The van der Waals surface area contributed by atoms with Gasteiger partial charge in [-0.05, 0) is 48.7 Å². The molecule has 1 spiro atoms. The highest BCUT2D eigenvalue weighted by Crippen LogP contribution is 2.55. The minimum atomic E-state index is 0.292. The first-order valence-electron chi connectivity index (χ1n) is 8.64. The smallest absolute Gasteiger partial charge is 0.200 e. The van der Waals surface area contributed by atoms with Crippen molar-refractivity contribution in [2.45, 2.75) is 57.6 Å². The molecule has 2 aliphatic rings. The summed E-state index contributed by atoms with van der Waals surface area (Å²) in [4.78, 5) is 2.31. The van der Waals surface area contributed by atoms with E-state index in [4.69, 9.17) is 4.74 Å². The van der Waals surface area contributed by atoms with Gasteiger partial charge in [-0.3, -0.25) is 0 Å². The highest BCUT2D eigenvalue weighted by molar-refractivity contribution is 5.46. The van der Waals surface area contributed by atoms with E-state index in [1.165, 1.54) is 36.7 Å². The van der Waals surface area contributed by atoms with Gasteiger partial charge in [-0.1, -0.05) is 19.3 Å². The third-order valence-electron chi connectivity index (χ3n) is 5.78. The van der Waals surface area contributed by atoms with Crippen LogP contribution in [0.3, 0.4) is 0 Å². The van der Waals surface area contributed by atoms with Crippen molar-refractivity contribution < 1.29 is 4.74 Å². The van der Waals surface area contributed by atoms with E-state index in [0.29, 0.717) is 23.2 Å². The van der Waals surface area contributed by atoms with Crippen LogP contribution in [0.4, 0.5) is 5.82 Å². The third kappa shape index (κ3) is 2.29. The second-order valence-electron chi connectivity index (χ2n) is 6.82. The predicted molar refractivity (Wildman–Crippen MR) is 86.3 cm³/mol. The molecule has 0 amide bonds. The van der Waals surface area contributed by atoms with E-state index in [9.17, 15) is 0 Å². The summed E-state index contributed by atoms with van der Waals surface area (Å²) in [7, 11) is 2.14. The van der Waals surface area contributed by atoms with Gasteiger partial charge in [0, 0.05) is 25.1 Å². The van der Waals surface area contributed by atoms with Crippen LogP contribution in [0.2, 0.25) is 0 Å². The number of hydrogen-bond donors (Lipinski definition) is 0. The molecular weight excluding hydrogens is 292 g/mol. The molecule has 2 saturated carbocycles. The Morgan fingerprint density at radius 2 is 2.13 bits per heavy atom. The predicted octanol–water partition coefficient (Wildman–Crippen LogP) is 2.08. The van der Waals surface area contributed by atoms with Crippen molar-refractivity contribution in [2.75, 3.05) is 18.6 Å². The molecule has 2 aliphatic carbocycles. The number of fused-ring (bicyclic) bond motifs is 1. The normalized spacial score (nSPS) is 26.3. The largest absolute Gasteiger partial charge is 0.378 e. The first-order chi connectivity index (χ1) is 11.2. The Balaban J connectivity index is 1.60. The van der Waals surface area contributed by atoms with Crippen LogP contribution in [0, 0.1) is 5.41 Å². The van der Waals surface area contributed by atoms with Gasteiger partial charge in [-0.15, -0.1) is 14.8 Å². The van der Waals surface area contributed by atoms with E-state index >= 15 is 0 Å². The number of nitrogens with zero attached hydrogens (tertiary/aromatic N) is 6. The Morgan fingerprint density at radius 3 is 2.91 bits per heavy atom. The van der Waals surface area contributed by atoms with Gasteiger partial charge in [0.05, 0.1) is 6.10 Å². The summed E-state index contributed by atoms with van der Waals surface area (Å²) >= 11 is 0. The molecule has 124 valence electrons. The van der Waals surface area contributed by atoms with Crippen LogP contribution < -0.4 is 4.90 Å². The van der Waals surface area contributed by atoms with Crippen molar-refractivity contribution in [2.24, 2.45) is 5.41 Å². The Kier molecular flexibility index (Phi) is 3.67. The van der Waals surface area contributed by atoms with E-state index in [2.05, 4.69) is 39.5 Å². The summed E-state index contributed by atoms with van der Waals surface area (Å²) in [6.45, 7) is 2.90. The molecule has 2 heterocycles. The van der Waals surface area contributed by atoms with E-state index in [-0.39, 0.29) is 0 Å². The molecule has 2 atom stereocenters. The highest BCUT2D eigenvalue weighted by Gasteiger charge is 2.57. The lowest BCUT2D eigenvalue weighted by Crippen LogP contribution is -2.65. The van der Waals surface area contributed by atoms with Crippen LogP contribution in [0.15, 0.2) is 12.1 Å². The van der Waals surface area contributed by atoms with Crippen LogP contribution in [0.5, 0.6) is 0 Å². The summed E-state index contributed by atoms with van der Waals surface area (Å²) in [6, 6.07) is 4.42. The molecule has 2 aromatic heterocycles. The molecule has 0 aliphatic heterocycles. The van der Waals surface area contributed by atoms with Crippen LogP contribution in [-0.4, -0.2) is 51.1 Å². The van der Waals surface area contributed by atoms with Gasteiger partial charge < -0.3 is 9.64 Å². The van der Waals surface area contributed by atoms with Crippen molar-refractivity contribution in [3.05, 3.63) is 12.1 Å². The molecule has 0 aromatic carbocycles. The maximum Gasteiger partial charge on any atom is 0.200 e. The standard InChI is InChI=1S/C16H24N6O/c1-3-23-13-11-12(16(13)9-5-4-6-10-16)21(2)15-8-7-14-17-19-20-22(14)18-15/h7-8,12-13H,3-6,9-11H2,1-2H3. The number of rotatable bonds is 4. The van der Waals surface area contributed by atoms with Gasteiger partial charge >= 0.3 is 0 Å². The SMILES string of the molecule is CCOC1CC(N(C)c2ccc3nnnn3n2)C12CCCCC2. The molecule has 0 N–H and O–H groups in total. The van der Waals surface area contributed by atoms with Gasteiger partial charge in [0.25, 0.3) is 0 Å². The molecule has 23 heavy (non-hydrogen) atoms. The Hall–Kier alpha value is -1.76. The molecule has 7 heteroatoms. The second-order valence-corrected chi connectivity index (χ2v) is 6.82. The molecule has 2 unspecified atom stereocenters. The van der Waals surface area contributed by atoms with Crippen LogP contribution in [-0.2, 0) is 4.74 Å². The highest BCUT2D eigenvalue weighted by atomic mass is 16.5. The van der Waals surface area contributed by atoms with Gasteiger partial charge in [0.15, 0.2) is 11.5 Å². The van der Waals surface area contributed by atoms with Crippen molar-refractivity contribution in [3.8, 4) is 0 Å². The molecule has 2 aromatic rings. The van der Waals surface area contributed by atoms with Crippen molar-refractivity contribution in [1.29, 1.82) is 0 Å².